The van der Waals surface area contributed by atoms with Gasteiger partial charge in [0, 0.05) is 5.75 Å². The third-order valence-corrected chi connectivity index (χ3v) is 3.75. The van der Waals surface area contributed by atoms with Crippen LogP contribution >= 0.6 is 12.6 Å². The van der Waals surface area contributed by atoms with Gasteiger partial charge in [-0.15, -0.1) is 0 Å². The van der Waals surface area contributed by atoms with E-state index in [2.05, 4.69) is 17.9 Å². The molecule has 4 atom stereocenters. The maximum absolute atomic E-state index is 12.3. The third kappa shape index (κ3) is 9.72. The van der Waals surface area contributed by atoms with Crippen molar-refractivity contribution in [1.82, 2.24) is 16.0 Å². The van der Waals surface area contributed by atoms with Crippen LogP contribution in [0.1, 0.15) is 12.8 Å². The molecule has 0 aromatic carbocycles. The molecule has 0 aromatic rings. The van der Waals surface area contributed by atoms with E-state index in [9.17, 15) is 28.8 Å². The van der Waals surface area contributed by atoms with Gasteiger partial charge in [-0.05, 0) is 0 Å². The minimum atomic E-state index is -1.66. The Labute approximate surface area is 169 Å². The van der Waals surface area contributed by atoms with Gasteiger partial charge in [-0.2, -0.15) is 12.6 Å². The SMILES string of the molecule is NC(=O)CC(N)C(=O)NC(CC(=O)O)C(=O)NC(CS)C(=O)NC(CO)C(=O)O. The molecule has 14 nitrogen and oxygen atoms in total. The number of hydrogen-bond donors (Lipinski definition) is 9. The summed E-state index contributed by atoms with van der Waals surface area (Å²) >= 11 is 3.85. The minimum absolute atomic E-state index is 0.315. The van der Waals surface area contributed by atoms with Gasteiger partial charge in [-0.3, -0.25) is 24.0 Å². The predicted octanol–water partition coefficient (Wildman–Crippen LogP) is -4.88. The van der Waals surface area contributed by atoms with Gasteiger partial charge >= 0.3 is 11.9 Å². The summed E-state index contributed by atoms with van der Waals surface area (Å²) in [4.78, 5) is 68.9. The highest BCUT2D eigenvalue weighted by atomic mass is 32.1. The quantitative estimate of drug-likeness (QED) is 0.124. The average Bonchev–Trinajstić information content (AvgIpc) is 2.61. The summed E-state index contributed by atoms with van der Waals surface area (Å²) in [6.45, 7) is -0.913. The van der Waals surface area contributed by atoms with Crippen LogP contribution in [0.2, 0.25) is 0 Å². The van der Waals surface area contributed by atoms with E-state index in [1.165, 1.54) is 0 Å². The highest BCUT2D eigenvalue weighted by Crippen LogP contribution is 1.99. The predicted molar refractivity (Wildman–Crippen MR) is 98.4 cm³/mol. The lowest BCUT2D eigenvalue weighted by Crippen LogP contribution is -2.58. The second kappa shape index (κ2) is 12.5. The molecule has 164 valence electrons. The first-order chi connectivity index (χ1) is 13.4. The molecule has 0 aliphatic rings. The van der Waals surface area contributed by atoms with E-state index in [1.807, 2.05) is 10.6 Å². The molecule has 0 saturated heterocycles. The van der Waals surface area contributed by atoms with Crippen LogP contribution in [0, 0.1) is 0 Å². The largest absolute Gasteiger partial charge is 0.481 e. The van der Waals surface area contributed by atoms with Gasteiger partial charge in [-0.1, -0.05) is 0 Å². The van der Waals surface area contributed by atoms with Crippen molar-refractivity contribution in [3.63, 3.8) is 0 Å². The molecule has 0 aliphatic carbocycles. The lowest BCUT2D eigenvalue weighted by atomic mass is 10.1. The van der Waals surface area contributed by atoms with Gasteiger partial charge in [-0.25, -0.2) is 4.79 Å². The lowest BCUT2D eigenvalue weighted by Gasteiger charge is -2.23. The van der Waals surface area contributed by atoms with Crippen molar-refractivity contribution in [3.8, 4) is 0 Å². The van der Waals surface area contributed by atoms with Crippen LogP contribution in [0.5, 0.6) is 0 Å². The first-order valence-electron chi connectivity index (χ1n) is 8.04. The molecule has 15 heteroatoms. The molecule has 4 amide bonds. The van der Waals surface area contributed by atoms with E-state index in [4.69, 9.17) is 26.8 Å². The van der Waals surface area contributed by atoms with E-state index >= 15 is 0 Å². The maximum Gasteiger partial charge on any atom is 0.328 e. The van der Waals surface area contributed by atoms with E-state index in [1.54, 1.807) is 0 Å². The van der Waals surface area contributed by atoms with Crippen molar-refractivity contribution in [3.05, 3.63) is 0 Å². The molecule has 0 rings (SSSR count). The maximum atomic E-state index is 12.3. The van der Waals surface area contributed by atoms with E-state index in [0.717, 1.165) is 0 Å². The number of carboxylic acid groups (broad SMARTS) is 2. The molecule has 0 aliphatic heterocycles. The van der Waals surface area contributed by atoms with Crippen molar-refractivity contribution in [2.45, 2.75) is 37.0 Å². The molecule has 0 aromatic heterocycles. The summed E-state index contributed by atoms with van der Waals surface area (Å²) in [6.07, 6.45) is -1.43. The van der Waals surface area contributed by atoms with Gasteiger partial charge in [0.1, 0.15) is 18.1 Å². The molecule has 0 heterocycles. The van der Waals surface area contributed by atoms with Crippen molar-refractivity contribution >= 4 is 48.2 Å². The monoisotopic (exact) mass is 437 g/mol. The third-order valence-electron chi connectivity index (χ3n) is 3.38. The number of carbonyl (C=O) groups excluding carboxylic acids is 4. The van der Waals surface area contributed by atoms with E-state index < -0.39 is 79.2 Å². The lowest BCUT2D eigenvalue weighted by molar-refractivity contribution is -0.144. The van der Waals surface area contributed by atoms with Gasteiger partial charge in [0.05, 0.1) is 25.5 Å². The van der Waals surface area contributed by atoms with Crippen LogP contribution in [0.25, 0.3) is 0 Å². The van der Waals surface area contributed by atoms with E-state index in [-0.39, 0.29) is 5.75 Å². The topological polar surface area (TPSA) is 251 Å². The van der Waals surface area contributed by atoms with Crippen molar-refractivity contribution < 1.29 is 44.1 Å². The average molecular weight is 437 g/mol. The first kappa shape index (κ1) is 26.1. The van der Waals surface area contributed by atoms with Crippen LogP contribution in [0.15, 0.2) is 0 Å². The van der Waals surface area contributed by atoms with E-state index in [0.29, 0.717) is 0 Å². The summed E-state index contributed by atoms with van der Waals surface area (Å²) in [6, 6.07) is -6.14. The number of amides is 4. The zero-order chi connectivity index (χ0) is 22.7. The molecule has 10 N–H and O–H groups in total. The highest BCUT2D eigenvalue weighted by molar-refractivity contribution is 7.80. The zero-order valence-corrected chi connectivity index (χ0v) is 15.9. The second-order valence-corrected chi connectivity index (χ2v) is 6.13. The number of aliphatic carboxylic acids is 2. The van der Waals surface area contributed by atoms with Gasteiger partial charge in [0.15, 0.2) is 0 Å². The number of nitrogens with two attached hydrogens (primary N) is 2. The fourth-order valence-electron chi connectivity index (χ4n) is 1.90. The molecule has 4 unspecified atom stereocenters. The molecular weight excluding hydrogens is 414 g/mol. The number of rotatable bonds is 13. The Morgan fingerprint density at radius 3 is 1.72 bits per heavy atom. The molecular formula is C14H23N5O9S. The normalized spacial score (nSPS) is 14.6. The highest BCUT2D eigenvalue weighted by Gasteiger charge is 2.31. The summed E-state index contributed by atoms with van der Waals surface area (Å²) in [5.74, 6) is -7.34. The van der Waals surface area contributed by atoms with Crippen LogP contribution in [-0.4, -0.2) is 87.4 Å². The Morgan fingerprint density at radius 2 is 1.31 bits per heavy atom. The number of aliphatic hydroxyl groups excluding tert-OH is 1. The molecule has 0 fully saturated rings. The first-order valence-corrected chi connectivity index (χ1v) is 8.67. The van der Waals surface area contributed by atoms with Crippen LogP contribution in [0.4, 0.5) is 0 Å². The number of hydrogen-bond acceptors (Lipinski definition) is 9. The number of carbonyl (C=O) groups is 6. The number of nitrogens with one attached hydrogen (secondary N) is 3. The molecule has 29 heavy (non-hydrogen) atoms. The summed E-state index contributed by atoms with van der Waals surface area (Å²) in [7, 11) is 0. The Balaban J connectivity index is 5.20. The molecule has 0 bridgehead atoms. The summed E-state index contributed by atoms with van der Waals surface area (Å²) < 4.78 is 0. The Morgan fingerprint density at radius 1 is 0.828 bits per heavy atom. The van der Waals surface area contributed by atoms with Gasteiger partial charge in [0.2, 0.25) is 23.6 Å². The fourth-order valence-corrected chi connectivity index (χ4v) is 2.15. The second-order valence-electron chi connectivity index (χ2n) is 5.76. The van der Waals surface area contributed by atoms with Crippen LogP contribution in [0.3, 0.4) is 0 Å². The standard InChI is InChI=1S/C14H23N5O9S/c15-5(1-9(16)21)11(24)17-6(2-10(22)23)12(25)19-8(4-29)13(26)18-7(3-20)14(27)28/h5-8,20,29H,1-4,15H2,(H2,16,21)(H,17,24)(H,18,26)(H,19,25)(H,22,23)(H,27,28). The fraction of sp³-hybridized carbons (Fsp3) is 0.571. The zero-order valence-electron chi connectivity index (χ0n) is 15.0. The molecule has 0 spiro atoms. The molecule has 0 radical (unpaired) electrons. The van der Waals surface area contributed by atoms with Gasteiger partial charge < -0.3 is 42.7 Å². The Kier molecular flexibility index (Phi) is 11.3. The number of carboxylic acids is 2. The summed E-state index contributed by atoms with van der Waals surface area (Å²) in [5, 5.41) is 32.8. The Bertz CT molecular complexity index is 659. The van der Waals surface area contributed by atoms with Crippen molar-refractivity contribution in [2.24, 2.45) is 11.5 Å². The smallest absolute Gasteiger partial charge is 0.328 e. The van der Waals surface area contributed by atoms with Crippen LogP contribution in [-0.2, 0) is 28.8 Å². The van der Waals surface area contributed by atoms with Crippen molar-refractivity contribution in [1.29, 1.82) is 0 Å². The number of thiol groups is 1. The molecule has 0 saturated carbocycles. The Hall–Kier alpha value is -2.91. The van der Waals surface area contributed by atoms with Crippen LogP contribution < -0.4 is 27.4 Å². The summed E-state index contributed by atoms with van der Waals surface area (Å²) in [5.41, 5.74) is 10.3. The van der Waals surface area contributed by atoms with Crippen molar-refractivity contribution in [2.75, 3.05) is 12.4 Å². The minimum Gasteiger partial charge on any atom is -0.481 e. The number of aliphatic hydroxyl groups is 1. The van der Waals surface area contributed by atoms with Gasteiger partial charge in [0.25, 0.3) is 0 Å². The number of primary amides is 1.